The number of nitrogens with two attached hydrogens (primary N) is 1. The minimum absolute atomic E-state index is 0.0581. The lowest BCUT2D eigenvalue weighted by Gasteiger charge is -2.42. The van der Waals surface area contributed by atoms with Gasteiger partial charge < -0.3 is 10.6 Å². The van der Waals surface area contributed by atoms with Crippen molar-refractivity contribution >= 4 is 23.2 Å². The van der Waals surface area contributed by atoms with Crippen LogP contribution >= 0.6 is 11.6 Å². The fourth-order valence-corrected chi connectivity index (χ4v) is 3.76. The van der Waals surface area contributed by atoms with Gasteiger partial charge in [0.25, 0.3) is 0 Å². The van der Waals surface area contributed by atoms with Gasteiger partial charge >= 0.3 is 0 Å². The first kappa shape index (κ1) is 16.2. The molecule has 0 spiro atoms. The summed E-state index contributed by atoms with van der Waals surface area (Å²) in [4.78, 5) is 6.73. The maximum Gasteiger partial charge on any atom is 0.196 e. The van der Waals surface area contributed by atoms with Crippen LogP contribution in [0.3, 0.4) is 0 Å². The van der Waals surface area contributed by atoms with E-state index in [2.05, 4.69) is 37.6 Å². The monoisotopic (exact) mass is 307 g/mol. The highest BCUT2D eigenvalue weighted by Gasteiger charge is 2.44. The van der Waals surface area contributed by atoms with E-state index in [0.717, 1.165) is 30.1 Å². The summed E-state index contributed by atoms with van der Waals surface area (Å²) >= 11 is 6.42. The van der Waals surface area contributed by atoms with Gasteiger partial charge in [0, 0.05) is 0 Å². The van der Waals surface area contributed by atoms with Crippen LogP contribution in [0.1, 0.15) is 40.5 Å². The highest BCUT2D eigenvalue weighted by atomic mass is 35.5. The van der Waals surface area contributed by atoms with Crippen LogP contribution in [0.5, 0.6) is 0 Å². The average molecular weight is 308 g/mol. The van der Waals surface area contributed by atoms with Gasteiger partial charge in [-0.15, -0.1) is 0 Å². The molecule has 1 aliphatic rings. The Balaban J connectivity index is 2.46. The van der Waals surface area contributed by atoms with Gasteiger partial charge in [0.05, 0.1) is 22.8 Å². The molecule has 0 atom stereocenters. The Hall–Kier alpha value is -1.22. The van der Waals surface area contributed by atoms with Crippen LogP contribution < -0.4 is 10.6 Å². The molecule has 21 heavy (non-hydrogen) atoms. The van der Waals surface area contributed by atoms with Crippen LogP contribution in [-0.4, -0.2) is 18.0 Å². The molecule has 0 saturated heterocycles. The minimum atomic E-state index is -0.0581. The lowest BCUT2D eigenvalue weighted by molar-refractivity contribution is 0.304. The maximum absolute atomic E-state index is 6.42. The molecule has 0 aliphatic carbocycles. The predicted molar refractivity (Wildman–Crippen MR) is 92.1 cm³/mol. The molecule has 2 N–H and O–H groups in total. The van der Waals surface area contributed by atoms with Gasteiger partial charge in [-0.1, -0.05) is 51.4 Å². The molecule has 2 rings (SSSR count). The van der Waals surface area contributed by atoms with Crippen molar-refractivity contribution in [3.05, 3.63) is 29.3 Å². The summed E-state index contributed by atoms with van der Waals surface area (Å²) in [6, 6.07) is 7.90. The van der Waals surface area contributed by atoms with Gasteiger partial charge in [-0.05, 0) is 36.8 Å². The predicted octanol–water partition coefficient (Wildman–Crippen LogP) is 4.31. The number of aliphatic imine (C=N–C) groups is 1. The highest BCUT2D eigenvalue weighted by Crippen LogP contribution is 2.40. The molecule has 116 valence electrons. The number of nitrogens with zero attached hydrogens (tertiary/aromatic N) is 2. The molecule has 3 nitrogen and oxygen atoms in total. The lowest BCUT2D eigenvalue weighted by atomic mass is 9.81. The van der Waals surface area contributed by atoms with Gasteiger partial charge in [0.15, 0.2) is 5.96 Å². The van der Waals surface area contributed by atoms with Gasteiger partial charge in [-0.2, -0.15) is 0 Å². The SMILES string of the molecule is CC(C)CC1(CC(C)C)CN=C(N)N1c1ccccc1Cl. The molecule has 1 heterocycles. The van der Waals surface area contributed by atoms with Crippen molar-refractivity contribution in [3.63, 3.8) is 0 Å². The third-order valence-corrected chi connectivity index (χ3v) is 4.23. The highest BCUT2D eigenvalue weighted by molar-refractivity contribution is 6.34. The number of halogens is 1. The van der Waals surface area contributed by atoms with E-state index < -0.39 is 0 Å². The first-order valence-corrected chi connectivity index (χ1v) is 8.08. The van der Waals surface area contributed by atoms with E-state index in [4.69, 9.17) is 17.3 Å². The molecule has 0 saturated carbocycles. The fraction of sp³-hybridized carbons (Fsp3) is 0.588. The molecule has 0 aromatic heterocycles. The summed E-state index contributed by atoms with van der Waals surface area (Å²) in [5.74, 6) is 1.74. The van der Waals surface area contributed by atoms with Crippen molar-refractivity contribution < 1.29 is 0 Å². The zero-order valence-corrected chi connectivity index (χ0v) is 14.2. The largest absolute Gasteiger partial charge is 0.369 e. The zero-order chi connectivity index (χ0) is 15.6. The Morgan fingerprint density at radius 3 is 2.29 bits per heavy atom. The van der Waals surface area contributed by atoms with E-state index in [1.54, 1.807) is 0 Å². The Bertz CT molecular complexity index is 513. The van der Waals surface area contributed by atoms with Crippen LogP contribution in [0.2, 0.25) is 5.02 Å². The van der Waals surface area contributed by atoms with Crippen molar-refractivity contribution in [1.29, 1.82) is 0 Å². The Labute approximate surface area is 133 Å². The summed E-state index contributed by atoms with van der Waals surface area (Å²) in [5, 5.41) is 0.731. The Kier molecular flexibility index (Phi) is 4.82. The fourth-order valence-electron chi connectivity index (χ4n) is 3.54. The normalized spacial score (nSPS) is 17.7. The van der Waals surface area contributed by atoms with Crippen molar-refractivity contribution in [2.45, 2.75) is 46.1 Å². The van der Waals surface area contributed by atoms with Crippen LogP contribution in [0.4, 0.5) is 5.69 Å². The van der Waals surface area contributed by atoms with Gasteiger partial charge in [0.1, 0.15) is 0 Å². The molecule has 1 aliphatic heterocycles. The standard InChI is InChI=1S/C17H26ClN3/c1-12(2)9-17(10-13(3)4)11-20-16(19)21(17)15-8-6-5-7-14(15)18/h5-8,12-13H,9-11H2,1-4H3,(H2,19,20). The molecule has 0 fully saturated rings. The van der Waals surface area contributed by atoms with Gasteiger partial charge in [0.2, 0.25) is 0 Å². The Morgan fingerprint density at radius 2 is 1.76 bits per heavy atom. The summed E-state index contributed by atoms with van der Waals surface area (Å²) in [7, 11) is 0. The molecule has 0 unspecified atom stereocenters. The van der Waals surface area contributed by atoms with E-state index in [-0.39, 0.29) is 5.54 Å². The maximum atomic E-state index is 6.42. The molecule has 0 radical (unpaired) electrons. The number of hydrogen-bond acceptors (Lipinski definition) is 3. The number of para-hydroxylation sites is 1. The summed E-state index contributed by atoms with van der Waals surface area (Å²) in [6.07, 6.45) is 2.11. The smallest absolute Gasteiger partial charge is 0.196 e. The van der Waals surface area contributed by atoms with E-state index >= 15 is 0 Å². The second-order valence-electron chi connectivity index (χ2n) is 6.88. The quantitative estimate of drug-likeness (QED) is 0.881. The van der Waals surface area contributed by atoms with Crippen molar-refractivity contribution in [2.75, 3.05) is 11.4 Å². The third-order valence-electron chi connectivity index (χ3n) is 3.91. The van der Waals surface area contributed by atoms with Crippen LogP contribution in [0, 0.1) is 11.8 Å². The average Bonchev–Trinajstić information content (AvgIpc) is 2.66. The molecule has 0 bridgehead atoms. The van der Waals surface area contributed by atoms with E-state index in [0.29, 0.717) is 17.8 Å². The molecular weight excluding hydrogens is 282 g/mol. The number of guanidine groups is 1. The summed E-state index contributed by atoms with van der Waals surface area (Å²) in [5.41, 5.74) is 7.14. The number of rotatable bonds is 5. The van der Waals surface area contributed by atoms with Crippen LogP contribution in [0.25, 0.3) is 0 Å². The van der Waals surface area contributed by atoms with Crippen molar-refractivity contribution in [1.82, 2.24) is 0 Å². The van der Waals surface area contributed by atoms with E-state index in [1.165, 1.54) is 0 Å². The second kappa shape index (κ2) is 6.27. The van der Waals surface area contributed by atoms with E-state index in [1.807, 2.05) is 24.3 Å². The van der Waals surface area contributed by atoms with Crippen LogP contribution in [-0.2, 0) is 0 Å². The zero-order valence-electron chi connectivity index (χ0n) is 13.4. The number of anilines is 1. The third kappa shape index (κ3) is 3.34. The van der Waals surface area contributed by atoms with Crippen LogP contribution in [0.15, 0.2) is 29.3 Å². The number of hydrogen-bond donors (Lipinski definition) is 1. The second-order valence-corrected chi connectivity index (χ2v) is 7.29. The van der Waals surface area contributed by atoms with Crippen molar-refractivity contribution in [3.8, 4) is 0 Å². The van der Waals surface area contributed by atoms with Gasteiger partial charge in [-0.3, -0.25) is 4.99 Å². The molecule has 0 amide bonds. The molecule has 1 aromatic rings. The van der Waals surface area contributed by atoms with Gasteiger partial charge in [-0.25, -0.2) is 0 Å². The topological polar surface area (TPSA) is 41.6 Å². The Morgan fingerprint density at radius 1 is 1.19 bits per heavy atom. The molecule has 1 aromatic carbocycles. The first-order valence-electron chi connectivity index (χ1n) is 7.70. The van der Waals surface area contributed by atoms with E-state index in [9.17, 15) is 0 Å². The van der Waals surface area contributed by atoms with Crippen molar-refractivity contribution in [2.24, 2.45) is 22.6 Å². The molecular formula is C17H26ClN3. The minimum Gasteiger partial charge on any atom is -0.369 e. The molecule has 4 heteroatoms. The first-order chi connectivity index (χ1) is 9.85. The lowest BCUT2D eigenvalue weighted by Crippen LogP contribution is -2.53. The summed E-state index contributed by atoms with van der Waals surface area (Å²) < 4.78 is 0. The number of benzene rings is 1. The summed E-state index contributed by atoms with van der Waals surface area (Å²) in [6.45, 7) is 9.76.